The first-order chi connectivity index (χ1) is 13.0. The summed E-state index contributed by atoms with van der Waals surface area (Å²) in [6, 6.07) is 8.59. The van der Waals surface area contributed by atoms with Crippen molar-refractivity contribution in [2.24, 2.45) is 0 Å². The molecule has 0 spiro atoms. The van der Waals surface area contributed by atoms with E-state index in [2.05, 4.69) is 5.32 Å². The van der Waals surface area contributed by atoms with Crippen LogP contribution in [-0.4, -0.2) is 49.9 Å². The number of fused-ring (bicyclic) bond motifs is 1. The van der Waals surface area contributed by atoms with E-state index in [9.17, 15) is 18.8 Å². The molecule has 0 aromatic heterocycles. The molecule has 1 aliphatic heterocycles. The van der Waals surface area contributed by atoms with Crippen LogP contribution >= 0.6 is 0 Å². The molecule has 0 atom stereocenters. The smallest absolute Gasteiger partial charge is 0.264 e. The third-order valence-electron chi connectivity index (χ3n) is 4.21. The molecule has 2 aromatic carbocycles. The van der Waals surface area contributed by atoms with Crippen LogP contribution in [0.25, 0.3) is 0 Å². The minimum atomic E-state index is -0.734. The molecule has 0 fully saturated rings. The average Bonchev–Trinajstić information content (AvgIpc) is 2.93. The average molecular weight is 372 g/mol. The van der Waals surface area contributed by atoms with Crippen molar-refractivity contribution in [3.05, 3.63) is 58.9 Å². The van der Waals surface area contributed by atoms with Gasteiger partial charge in [-0.05, 0) is 30.3 Å². The normalized spacial score (nSPS) is 12.8. The number of nitrogens with one attached hydrogen (secondary N) is 1. The fourth-order valence-electron chi connectivity index (χ4n) is 2.86. The standard InChI is InChI=1S/C19H17FN2O5/c1-26-14-7-6-11(10-15(14)27-2)17(23)21-8-9-22-18(24)12-4-3-5-13(20)16(12)19(22)25/h3-7,10H,8-9H2,1-2H3,(H,21,23). The van der Waals surface area contributed by atoms with E-state index in [4.69, 9.17) is 9.47 Å². The zero-order valence-corrected chi connectivity index (χ0v) is 14.7. The maximum Gasteiger partial charge on any atom is 0.264 e. The van der Waals surface area contributed by atoms with Gasteiger partial charge in [-0.25, -0.2) is 4.39 Å². The van der Waals surface area contributed by atoms with Gasteiger partial charge >= 0.3 is 0 Å². The number of halogens is 1. The van der Waals surface area contributed by atoms with Crippen molar-refractivity contribution in [2.75, 3.05) is 27.3 Å². The van der Waals surface area contributed by atoms with Crippen molar-refractivity contribution in [2.45, 2.75) is 0 Å². The molecule has 3 amide bonds. The van der Waals surface area contributed by atoms with Crippen LogP contribution in [0.1, 0.15) is 31.1 Å². The van der Waals surface area contributed by atoms with E-state index in [0.717, 1.165) is 11.0 Å². The van der Waals surface area contributed by atoms with Crippen molar-refractivity contribution in [3.63, 3.8) is 0 Å². The van der Waals surface area contributed by atoms with Gasteiger partial charge in [0.1, 0.15) is 5.82 Å². The molecule has 27 heavy (non-hydrogen) atoms. The molecular weight excluding hydrogens is 355 g/mol. The lowest BCUT2D eigenvalue weighted by Gasteiger charge is -2.14. The third kappa shape index (κ3) is 3.33. The summed E-state index contributed by atoms with van der Waals surface area (Å²) < 4.78 is 24.1. The summed E-state index contributed by atoms with van der Waals surface area (Å²) in [5, 5.41) is 2.62. The van der Waals surface area contributed by atoms with Crippen LogP contribution in [-0.2, 0) is 0 Å². The molecule has 0 radical (unpaired) electrons. The molecule has 1 aliphatic rings. The maximum absolute atomic E-state index is 13.8. The Hall–Kier alpha value is -3.42. The minimum Gasteiger partial charge on any atom is -0.493 e. The molecule has 8 heteroatoms. The number of amides is 3. The zero-order chi connectivity index (χ0) is 19.6. The third-order valence-corrected chi connectivity index (χ3v) is 4.21. The Kier molecular flexibility index (Phi) is 5.07. The van der Waals surface area contributed by atoms with E-state index >= 15 is 0 Å². The van der Waals surface area contributed by atoms with Crippen molar-refractivity contribution in [1.82, 2.24) is 10.2 Å². The van der Waals surface area contributed by atoms with Crippen molar-refractivity contribution < 1.29 is 28.2 Å². The van der Waals surface area contributed by atoms with Crippen molar-refractivity contribution in [3.8, 4) is 11.5 Å². The molecule has 1 N–H and O–H groups in total. The van der Waals surface area contributed by atoms with Crippen LogP contribution in [0.3, 0.4) is 0 Å². The van der Waals surface area contributed by atoms with E-state index in [1.54, 1.807) is 12.1 Å². The summed E-state index contributed by atoms with van der Waals surface area (Å²) in [6.07, 6.45) is 0. The van der Waals surface area contributed by atoms with Gasteiger partial charge < -0.3 is 14.8 Å². The number of benzene rings is 2. The lowest BCUT2D eigenvalue weighted by Crippen LogP contribution is -2.38. The number of imide groups is 1. The lowest BCUT2D eigenvalue weighted by molar-refractivity contribution is 0.0648. The van der Waals surface area contributed by atoms with Gasteiger partial charge in [0.05, 0.1) is 25.3 Å². The minimum absolute atomic E-state index is 0.0280. The first kappa shape index (κ1) is 18.4. The molecule has 7 nitrogen and oxygen atoms in total. The molecule has 0 saturated carbocycles. The van der Waals surface area contributed by atoms with Gasteiger partial charge in [-0.15, -0.1) is 0 Å². The lowest BCUT2D eigenvalue weighted by atomic mass is 10.1. The van der Waals surface area contributed by atoms with E-state index in [-0.39, 0.29) is 24.2 Å². The summed E-state index contributed by atoms with van der Waals surface area (Å²) in [5.74, 6) is -1.52. The first-order valence-corrected chi connectivity index (χ1v) is 8.13. The van der Waals surface area contributed by atoms with Crippen LogP contribution in [0.4, 0.5) is 4.39 Å². The number of carbonyl (C=O) groups is 3. The summed E-state index contributed by atoms with van der Waals surface area (Å²) in [5.41, 5.74) is 0.140. The molecule has 3 rings (SSSR count). The molecule has 0 bridgehead atoms. The fraction of sp³-hybridized carbons (Fsp3) is 0.211. The zero-order valence-electron chi connectivity index (χ0n) is 14.7. The van der Waals surface area contributed by atoms with Gasteiger partial charge in [-0.2, -0.15) is 0 Å². The Morgan fingerprint density at radius 1 is 1.07 bits per heavy atom. The summed E-state index contributed by atoms with van der Waals surface area (Å²) >= 11 is 0. The highest BCUT2D eigenvalue weighted by molar-refractivity contribution is 6.21. The van der Waals surface area contributed by atoms with Crippen LogP contribution in [0.15, 0.2) is 36.4 Å². The molecule has 2 aromatic rings. The van der Waals surface area contributed by atoms with E-state index in [1.807, 2.05) is 0 Å². The predicted molar refractivity (Wildman–Crippen MR) is 93.6 cm³/mol. The largest absolute Gasteiger partial charge is 0.493 e. The number of hydrogen-bond acceptors (Lipinski definition) is 5. The van der Waals surface area contributed by atoms with Gasteiger partial charge in [0, 0.05) is 18.7 Å². The van der Waals surface area contributed by atoms with Gasteiger partial charge in [-0.1, -0.05) is 6.07 Å². The number of carbonyl (C=O) groups excluding carboxylic acids is 3. The van der Waals surface area contributed by atoms with Gasteiger partial charge in [-0.3, -0.25) is 19.3 Å². The van der Waals surface area contributed by atoms with Crippen LogP contribution in [0.2, 0.25) is 0 Å². The number of hydrogen-bond donors (Lipinski definition) is 1. The number of ether oxygens (including phenoxy) is 2. The quantitative estimate of drug-likeness (QED) is 0.783. The number of rotatable bonds is 6. The Bertz CT molecular complexity index is 928. The maximum atomic E-state index is 13.8. The van der Waals surface area contributed by atoms with Crippen LogP contribution < -0.4 is 14.8 Å². The molecular formula is C19H17FN2O5. The van der Waals surface area contributed by atoms with Crippen LogP contribution in [0, 0.1) is 5.82 Å². The second-order valence-corrected chi connectivity index (χ2v) is 5.75. The highest BCUT2D eigenvalue weighted by atomic mass is 19.1. The van der Waals surface area contributed by atoms with E-state index in [0.29, 0.717) is 17.1 Å². The summed E-state index contributed by atoms with van der Waals surface area (Å²) in [4.78, 5) is 37.7. The molecule has 1 heterocycles. The summed E-state index contributed by atoms with van der Waals surface area (Å²) in [7, 11) is 2.95. The van der Waals surface area contributed by atoms with Crippen LogP contribution in [0.5, 0.6) is 11.5 Å². The Balaban J connectivity index is 1.64. The molecule has 140 valence electrons. The fourth-order valence-corrected chi connectivity index (χ4v) is 2.86. The predicted octanol–water partition coefficient (Wildman–Crippen LogP) is 1.87. The Morgan fingerprint density at radius 3 is 2.48 bits per heavy atom. The van der Waals surface area contributed by atoms with E-state index in [1.165, 1.54) is 32.4 Å². The van der Waals surface area contributed by atoms with Gasteiger partial charge in [0.25, 0.3) is 17.7 Å². The first-order valence-electron chi connectivity index (χ1n) is 8.13. The number of nitrogens with zero attached hydrogens (tertiary/aromatic N) is 1. The summed E-state index contributed by atoms with van der Waals surface area (Å²) in [6.45, 7) is -0.0366. The topological polar surface area (TPSA) is 84.9 Å². The van der Waals surface area contributed by atoms with Crippen molar-refractivity contribution >= 4 is 17.7 Å². The van der Waals surface area contributed by atoms with Crippen molar-refractivity contribution in [1.29, 1.82) is 0 Å². The Morgan fingerprint density at radius 2 is 1.81 bits per heavy atom. The van der Waals surface area contributed by atoms with Gasteiger partial charge in [0.15, 0.2) is 11.5 Å². The molecule has 0 saturated heterocycles. The molecule has 0 aliphatic carbocycles. The van der Waals surface area contributed by atoms with E-state index < -0.39 is 23.5 Å². The second kappa shape index (κ2) is 7.45. The highest BCUT2D eigenvalue weighted by Gasteiger charge is 2.37. The van der Waals surface area contributed by atoms with Gasteiger partial charge in [0.2, 0.25) is 0 Å². The SMILES string of the molecule is COc1ccc(C(=O)NCCN2C(=O)c3cccc(F)c3C2=O)cc1OC. The molecule has 0 unspecified atom stereocenters. The monoisotopic (exact) mass is 372 g/mol. The Labute approximate surface area is 154 Å². The highest BCUT2D eigenvalue weighted by Crippen LogP contribution is 2.27. The second-order valence-electron chi connectivity index (χ2n) is 5.75. The number of methoxy groups -OCH3 is 2.